The lowest BCUT2D eigenvalue weighted by molar-refractivity contribution is -0.137. The Bertz CT molecular complexity index is 400. The molecule has 5 heteroatoms. The Morgan fingerprint density at radius 3 is 2.79 bits per heavy atom. The highest BCUT2D eigenvalue weighted by Gasteiger charge is 2.30. The van der Waals surface area contributed by atoms with E-state index in [1.54, 1.807) is 17.8 Å². The van der Waals surface area contributed by atoms with Crippen molar-refractivity contribution in [1.29, 1.82) is 0 Å². The molecule has 0 aromatic heterocycles. The van der Waals surface area contributed by atoms with Crippen LogP contribution in [0.1, 0.15) is 30.4 Å². The average molecular weight is 290 g/mol. The van der Waals surface area contributed by atoms with E-state index in [-0.39, 0.29) is 6.10 Å². The lowest BCUT2D eigenvalue weighted by Crippen LogP contribution is -2.21. The van der Waals surface area contributed by atoms with Gasteiger partial charge in [-0.3, -0.25) is 0 Å². The molecule has 1 aromatic rings. The molecular weight excluding hydrogens is 273 g/mol. The molecule has 1 unspecified atom stereocenters. The maximum atomic E-state index is 12.6. The van der Waals surface area contributed by atoms with E-state index < -0.39 is 11.7 Å². The molecule has 1 aliphatic rings. The van der Waals surface area contributed by atoms with Crippen LogP contribution < -0.4 is 0 Å². The molecule has 0 saturated carbocycles. The van der Waals surface area contributed by atoms with Crippen molar-refractivity contribution >= 4 is 11.8 Å². The molecule has 1 aliphatic heterocycles. The first-order chi connectivity index (χ1) is 9.05. The van der Waals surface area contributed by atoms with E-state index in [1.165, 1.54) is 18.6 Å². The second-order valence-electron chi connectivity index (χ2n) is 4.70. The summed E-state index contributed by atoms with van der Waals surface area (Å²) in [5.41, 5.74) is 0.148. The first kappa shape index (κ1) is 14.7. The van der Waals surface area contributed by atoms with Crippen LogP contribution in [-0.2, 0) is 16.7 Å². The standard InChI is InChI=1S/C14H17F3OS/c15-14(16,17)12-5-3-4-11(8-12)9-19-10-13-6-1-2-7-18-13/h3-5,8,13H,1-2,6-7,9-10H2. The second kappa shape index (κ2) is 6.66. The minimum atomic E-state index is -4.26. The van der Waals surface area contributed by atoms with Gasteiger partial charge in [-0.25, -0.2) is 0 Å². The molecule has 0 aliphatic carbocycles. The van der Waals surface area contributed by atoms with Crippen LogP contribution in [0.5, 0.6) is 0 Å². The Kier molecular flexibility index (Phi) is 5.16. The molecule has 2 rings (SSSR count). The fourth-order valence-electron chi connectivity index (χ4n) is 2.08. The van der Waals surface area contributed by atoms with Gasteiger partial charge in [0.05, 0.1) is 11.7 Å². The third-order valence-electron chi connectivity index (χ3n) is 3.10. The van der Waals surface area contributed by atoms with Crippen LogP contribution in [0.15, 0.2) is 24.3 Å². The summed E-state index contributed by atoms with van der Waals surface area (Å²) in [6, 6.07) is 5.55. The minimum Gasteiger partial charge on any atom is -0.377 e. The topological polar surface area (TPSA) is 9.23 Å². The molecule has 0 amide bonds. The van der Waals surface area contributed by atoms with Crippen LogP contribution in [-0.4, -0.2) is 18.5 Å². The van der Waals surface area contributed by atoms with Gasteiger partial charge in [-0.1, -0.05) is 18.2 Å². The summed E-state index contributed by atoms with van der Waals surface area (Å²) in [6.45, 7) is 0.814. The van der Waals surface area contributed by atoms with Gasteiger partial charge in [0.15, 0.2) is 0 Å². The predicted octanol–water partition coefficient (Wildman–Crippen LogP) is 4.51. The number of rotatable bonds is 4. The zero-order valence-corrected chi connectivity index (χ0v) is 11.4. The highest BCUT2D eigenvalue weighted by atomic mass is 32.2. The van der Waals surface area contributed by atoms with Gasteiger partial charge in [0.1, 0.15) is 0 Å². The summed E-state index contributed by atoms with van der Waals surface area (Å²) in [6.07, 6.45) is -0.615. The molecule has 1 nitrogen and oxygen atoms in total. The average Bonchev–Trinajstić information content (AvgIpc) is 2.39. The molecule has 1 aromatic carbocycles. The summed E-state index contributed by atoms with van der Waals surface area (Å²) in [5.74, 6) is 1.46. The number of benzene rings is 1. The highest BCUT2D eigenvalue weighted by Crippen LogP contribution is 2.30. The van der Waals surface area contributed by atoms with Gasteiger partial charge in [0.25, 0.3) is 0 Å². The van der Waals surface area contributed by atoms with E-state index in [0.717, 1.165) is 36.8 Å². The molecule has 1 heterocycles. The van der Waals surface area contributed by atoms with Crippen molar-refractivity contribution < 1.29 is 17.9 Å². The first-order valence-electron chi connectivity index (χ1n) is 6.41. The normalized spacial score (nSPS) is 20.5. The molecule has 1 saturated heterocycles. The molecule has 1 fully saturated rings. The fraction of sp³-hybridized carbons (Fsp3) is 0.571. The predicted molar refractivity (Wildman–Crippen MR) is 71.2 cm³/mol. The molecule has 0 N–H and O–H groups in total. The van der Waals surface area contributed by atoms with Gasteiger partial charge >= 0.3 is 6.18 Å². The summed E-state index contributed by atoms with van der Waals surface area (Å²) in [7, 11) is 0. The van der Waals surface area contributed by atoms with Crippen molar-refractivity contribution in [3.8, 4) is 0 Å². The Hall–Kier alpha value is -0.680. The summed E-state index contributed by atoms with van der Waals surface area (Å²) in [4.78, 5) is 0. The van der Waals surface area contributed by atoms with E-state index in [4.69, 9.17) is 4.74 Å². The minimum absolute atomic E-state index is 0.268. The number of ether oxygens (including phenoxy) is 1. The number of halogens is 3. The molecule has 0 spiro atoms. The largest absolute Gasteiger partial charge is 0.416 e. The van der Waals surface area contributed by atoms with Gasteiger partial charge in [-0.05, 0) is 30.9 Å². The van der Waals surface area contributed by atoms with Crippen LogP contribution >= 0.6 is 11.8 Å². The van der Waals surface area contributed by atoms with Crippen molar-refractivity contribution in [1.82, 2.24) is 0 Å². The van der Waals surface area contributed by atoms with Crippen LogP contribution in [0, 0.1) is 0 Å². The van der Waals surface area contributed by atoms with Crippen molar-refractivity contribution in [3.63, 3.8) is 0 Å². The third-order valence-corrected chi connectivity index (χ3v) is 4.25. The first-order valence-corrected chi connectivity index (χ1v) is 7.56. The Morgan fingerprint density at radius 2 is 2.11 bits per heavy atom. The highest BCUT2D eigenvalue weighted by molar-refractivity contribution is 7.98. The van der Waals surface area contributed by atoms with E-state index >= 15 is 0 Å². The van der Waals surface area contributed by atoms with E-state index in [1.807, 2.05) is 0 Å². The summed E-state index contributed by atoms with van der Waals surface area (Å²) < 4.78 is 43.3. The monoisotopic (exact) mass is 290 g/mol. The summed E-state index contributed by atoms with van der Waals surface area (Å²) >= 11 is 1.64. The number of hydrogen-bond acceptors (Lipinski definition) is 2. The Labute approximate surface area is 115 Å². The van der Waals surface area contributed by atoms with Crippen molar-refractivity contribution in [2.75, 3.05) is 12.4 Å². The second-order valence-corrected chi connectivity index (χ2v) is 5.73. The molecule has 1 atom stereocenters. The lowest BCUT2D eigenvalue weighted by atomic mass is 10.1. The van der Waals surface area contributed by atoms with Crippen molar-refractivity contribution in [2.24, 2.45) is 0 Å². The van der Waals surface area contributed by atoms with Gasteiger partial charge in [-0.15, -0.1) is 0 Å². The third kappa shape index (κ3) is 4.73. The molecular formula is C14H17F3OS. The maximum absolute atomic E-state index is 12.6. The Morgan fingerprint density at radius 1 is 1.26 bits per heavy atom. The van der Waals surface area contributed by atoms with Crippen LogP contribution in [0.2, 0.25) is 0 Å². The maximum Gasteiger partial charge on any atom is 0.416 e. The van der Waals surface area contributed by atoms with Crippen molar-refractivity contribution in [2.45, 2.75) is 37.3 Å². The lowest BCUT2D eigenvalue weighted by Gasteiger charge is -2.22. The molecule has 106 valence electrons. The molecule has 19 heavy (non-hydrogen) atoms. The smallest absolute Gasteiger partial charge is 0.377 e. The molecule has 0 bridgehead atoms. The number of hydrogen-bond donors (Lipinski definition) is 0. The number of alkyl halides is 3. The van der Waals surface area contributed by atoms with E-state index in [2.05, 4.69) is 0 Å². The van der Waals surface area contributed by atoms with Crippen molar-refractivity contribution in [3.05, 3.63) is 35.4 Å². The SMILES string of the molecule is FC(F)(F)c1cccc(CSCC2CCCCO2)c1. The van der Waals surface area contributed by atoms with E-state index in [0.29, 0.717) is 5.75 Å². The zero-order valence-electron chi connectivity index (χ0n) is 10.6. The Balaban J connectivity index is 1.82. The molecule has 0 radical (unpaired) electrons. The van der Waals surface area contributed by atoms with Gasteiger partial charge in [-0.2, -0.15) is 24.9 Å². The van der Waals surface area contributed by atoms with Gasteiger partial charge in [0.2, 0.25) is 0 Å². The zero-order chi connectivity index (χ0) is 13.7. The van der Waals surface area contributed by atoms with E-state index in [9.17, 15) is 13.2 Å². The quantitative estimate of drug-likeness (QED) is 0.807. The van der Waals surface area contributed by atoms with Gasteiger partial charge < -0.3 is 4.74 Å². The van der Waals surface area contributed by atoms with Gasteiger partial charge in [0, 0.05) is 18.1 Å². The summed E-state index contributed by atoms with van der Waals surface area (Å²) in [5, 5.41) is 0. The number of thioether (sulfide) groups is 1. The fourth-order valence-corrected chi connectivity index (χ4v) is 3.14. The van der Waals surface area contributed by atoms with Crippen LogP contribution in [0.25, 0.3) is 0 Å². The van der Waals surface area contributed by atoms with Crippen LogP contribution in [0.3, 0.4) is 0 Å². The van der Waals surface area contributed by atoms with Crippen LogP contribution in [0.4, 0.5) is 13.2 Å².